The van der Waals surface area contributed by atoms with Gasteiger partial charge in [0.1, 0.15) is 13.2 Å². The summed E-state index contributed by atoms with van der Waals surface area (Å²) in [4.78, 5) is 23.4. The summed E-state index contributed by atoms with van der Waals surface area (Å²) in [6.07, 6.45) is 87.6. The van der Waals surface area contributed by atoms with Crippen LogP contribution in [-0.2, 0) is 18.4 Å². The van der Waals surface area contributed by atoms with Gasteiger partial charge in [0.15, 0.2) is 0 Å². The summed E-state index contributed by atoms with van der Waals surface area (Å²) in [5, 5.41) is 14.0. The maximum atomic E-state index is 13.0. The van der Waals surface area contributed by atoms with Crippen molar-refractivity contribution in [1.29, 1.82) is 0 Å². The number of phosphoric acid groups is 1. The quantitative estimate of drug-likeness (QED) is 0.0243. The van der Waals surface area contributed by atoms with E-state index in [1.54, 1.807) is 6.08 Å². The van der Waals surface area contributed by atoms with E-state index in [-0.39, 0.29) is 19.1 Å². The fourth-order valence-electron chi connectivity index (χ4n) is 11.4. The lowest BCUT2D eigenvalue weighted by Gasteiger charge is -2.25. The second-order valence-electron chi connectivity index (χ2n) is 26.7. The minimum atomic E-state index is -4.36. The first-order valence-electron chi connectivity index (χ1n) is 36.9. The molecule has 8 nitrogen and oxygen atoms in total. The molecule has 0 radical (unpaired) electrons. The summed E-state index contributed by atoms with van der Waals surface area (Å²) in [7, 11) is 1.56. The van der Waals surface area contributed by atoms with Gasteiger partial charge in [-0.3, -0.25) is 13.8 Å². The number of aliphatic hydroxyl groups is 1. The van der Waals surface area contributed by atoms with Crippen LogP contribution in [0.5, 0.6) is 0 Å². The number of allylic oxidation sites excluding steroid dienone is 5. The lowest BCUT2D eigenvalue weighted by molar-refractivity contribution is -0.870. The zero-order valence-corrected chi connectivity index (χ0v) is 57.4. The van der Waals surface area contributed by atoms with Gasteiger partial charge in [0.05, 0.1) is 39.9 Å². The van der Waals surface area contributed by atoms with Crippen molar-refractivity contribution in [3.63, 3.8) is 0 Å². The molecule has 0 aromatic rings. The molecule has 0 heterocycles. The van der Waals surface area contributed by atoms with Gasteiger partial charge in [-0.2, -0.15) is 0 Å². The molecule has 0 fully saturated rings. The van der Waals surface area contributed by atoms with Crippen molar-refractivity contribution in [2.24, 2.45) is 0 Å². The molecular weight excluding hydrogens is 1040 g/mol. The van der Waals surface area contributed by atoms with Crippen molar-refractivity contribution in [3.05, 3.63) is 36.5 Å². The average Bonchev–Trinajstić information content (AvgIpc) is 3.50. The van der Waals surface area contributed by atoms with Crippen LogP contribution in [0, 0.1) is 0 Å². The van der Waals surface area contributed by atoms with E-state index in [0.717, 1.165) is 44.9 Å². The average molecular weight is 1190 g/mol. The van der Waals surface area contributed by atoms with E-state index in [2.05, 4.69) is 43.5 Å². The Balaban J connectivity index is 3.95. The minimum Gasteiger partial charge on any atom is -0.387 e. The number of unbranched alkanes of at least 4 members (excludes halogenated alkanes) is 52. The lowest BCUT2D eigenvalue weighted by Crippen LogP contribution is -2.45. The molecule has 3 atom stereocenters. The standard InChI is InChI=1S/C74H145N2O6P/c1-6-8-10-12-14-16-18-20-22-24-26-28-30-31-32-33-34-35-36-37-38-39-40-41-42-43-44-45-46-48-50-52-54-56-58-60-62-64-66-68-74(78)75-72(71-82-83(79,80)81-70-69-76(3,4)5)73(77)67-65-63-61-59-57-55-53-51-49-47-29-27-25-23-21-19-17-15-13-11-9-7-2/h49,51,57,59,65,67,72-73,77H,6-48,50,52-56,58,60-64,66,68-71H2,1-5H3,(H-,75,78,79,80)/p+1/b51-49+,59-57+,67-65+. The summed E-state index contributed by atoms with van der Waals surface area (Å²) in [6.45, 7) is 4.84. The zero-order chi connectivity index (χ0) is 60.5. The number of carbonyl (C=O) groups is 1. The number of likely N-dealkylation sites (N-methyl/N-ethyl adjacent to an activating group) is 1. The van der Waals surface area contributed by atoms with Crippen LogP contribution in [0.3, 0.4) is 0 Å². The molecule has 0 aromatic heterocycles. The van der Waals surface area contributed by atoms with E-state index in [4.69, 9.17) is 9.05 Å². The molecule has 0 spiro atoms. The number of nitrogens with zero attached hydrogens (tertiary/aromatic N) is 1. The number of nitrogens with one attached hydrogen (secondary N) is 1. The highest BCUT2D eigenvalue weighted by Gasteiger charge is 2.28. The largest absolute Gasteiger partial charge is 0.472 e. The van der Waals surface area contributed by atoms with Gasteiger partial charge >= 0.3 is 7.82 Å². The summed E-state index contributed by atoms with van der Waals surface area (Å²) in [6, 6.07) is -0.869. The summed E-state index contributed by atoms with van der Waals surface area (Å²) in [5.41, 5.74) is 0. The van der Waals surface area contributed by atoms with Crippen LogP contribution >= 0.6 is 7.82 Å². The monoisotopic (exact) mass is 1190 g/mol. The van der Waals surface area contributed by atoms with Crippen LogP contribution in [0.1, 0.15) is 380 Å². The molecule has 0 aliphatic rings. The van der Waals surface area contributed by atoms with Crippen molar-refractivity contribution >= 4 is 13.7 Å². The van der Waals surface area contributed by atoms with Gasteiger partial charge in [0.25, 0.3) is 0 Å². The second-order valence-corrected chi connectivity index (χ2v) is 28.1. The van der Waals surface area contributed by atoms with Crippen LogP contribution in [0.4, 0.5) is 0 Å². The molecule has 83 heavy (non-hydrogen) atoms. The Labute approximate surface area is 518 Å². The maximum absolute atomic E-state index is 13.0. The van der Waals surface area contributed by atoms with E-state index in [0.29, 0.717) is 17.4 Å². The van der Waals surface area contributed by atoms with E-state index >= 15 is 0 Å². The van der Waals surface area contributed by atoms with Gasteiger partial charge in [-0.25, -0.2) is 4.57 Å². The molecule has 0 aromatic carbocycles. The van der Waals surface area contributed by atoms with E-state index < -0.39 is 20.0 Å². The fraction of sp³-hybridized carbons (Fsp3) is 0.905. The third-order valence-corrected chi connectivity index (χ3v) is 18.1. The summed E-state index contributed by atoms with van der Waals surface area (Å²) >= 11 is 0. The summed E-state index contributed by atoms with van der Waals surface area (Å²) in [5.74, 6) is -0.183. The number of hydrogen-bond donors (Lipinski definition) is 3. The Morgan fingerprint density at radius 3 is 0.964 bits per heavy atom. The highest BCUT2D eigenvalue weighted by Crippen LogP contribution is 2.43. The topological polar surface area (TPSA) is 105 Å². The van der Waals surface area contributed by atoms with Crippen molar-refractivity contribution < 1.29 is 32.9 Å². The first kappa shape index (κ1) is 81.7. The lowest BCUT2D eigenvalue weighted by atomic mass is 10.0. The van der Waals surface area contributed by atoms with Crippen molar-refractivity contribution in [3.8, 4) is 0 Å². The van der Waals surface area contributed by atoms with Gasteiger partial charge in [-0.1, -0.05) is 365 Å². The normalized spacial score (nSPS) is 13.8. The van der Waals surface area contributed by atoms with Crippen LogP contribution in [-0.4, -0.2) is 73.4 Å². The van der Waals surface area contributed by atoms with Crippen molar-refractivity contribution in [2.45, 2.75) is 392 Å². The number of phosphoric ester groups is 1. The fourth-order valence-corrected chi connectivity index (χ4v) is 12.1. The molecule has 9 heteroatoms. The van der Waals surface area contributed by atoms with Gasteiger partial charge in [0.2, 0.25) is 5.91 Å². The molecule has 3 N–H and O–H groups in total. The second kappa shape index (κ2) is 65.2. The Morgan fingerprint density at radius 2 is 0.663 bits per heavy atom. The highest BCUT2D eigenvalue weighted by molar-refractivity contribution is 7.47. The smallest absolute Gasteiger partial charge is 0.387 e. The molecule has 0 bridgehead atoms. The van der Waals surface area contributed by atoms with E-state index in [9.17, 15) is 19.4 Å². The predicted octanol–water partition coefficient (Wildman–Crippen LogP) is 23.6. The Hall–Kier alpha value is -1.28. The molecule has 0 saturated heterocycles. The highest BCUT2D eigenvalue weighted by atomic mass is 31.2. The third kappa shape index (κ3) is 68.1. The molecule has 0 aliphatic carbocycles. The molecule has 492 valence electrons. The zero-order valence-electron chi connectivity index (χ0n) is 56.5. The molecule has 0 saturated carbocycles. The van der Waals surface area contributed by atoms with Crippen molar-refractivity contribution in [2.75, 3.05) is 40.9 Å². The number of aliphatic hydroxyl groups excluding tert-OH is 1. The molecule has 3 unspecified atom stereocenters. The van der Waals surface area contributed by atoms with Crippen LogP contribution < -0.4 is 5.32 Å². The number of rotatable bonds is 69. The molecule has 0 aliphatic heterocycles. The Kier molecular flexibility index (Phi) is 64.2. The predicted molar refractivity (Wildman–Crippen MR) is 365 cm³/mol. The van der Waals surface area contributed by atoms with Crippen molar-refractivity contribution in [1.82, 2.24) is 5.32 Å². The first-order chi connectivity index (χ1) is 40.5. The number of amides is 1. The van der Waals surface area contributed by atoms with Crippen LogP contribution in [0.25, 0.3) is 0 Å². The Bertz CT molecular complexity index is 1450. The SMILES string of the molecule is CCCCCCCCCCCCCC/C=C/CC/C=C/CC/C=C/C(O)C(COP(=O)(O)OCC[N+](C)(C)C)NC(=O)CCCCCCCCCCCCCCCCCCCCCCCCCCCCCCCCCCCCCCCCC. The minimum absolute atomic E-state index is 0.0554. The Morgan fingerprint density at radius 1 is 0.398 bits per heavy atom. The molecular formula is C74H146N2O6P+. The number of hydrogen-bond acceptors (Lipinski definition) is 5. The van der Waals surface area contributed by atoms with E-state index in [1.165, 1.54) is 315 Å². The van der Waals surface area contributed by atoms with Gasteiger partial charge < -0.3 is 19.8 Å². The van der Waals surface area contributed by atoms with Gasteiger partial charge in [-0.15, -0.1) is 0 Å². The van der Waals surface area contributed by atoms with Crippen LogP contribution in [0.2, 0.25) is 0 Å². The molecule has 0 rings (SSSR count). The molecule has 1 amide bonds. The maximum Gasteiger partial charge on any atom is 0.472 e. The van der Waals surface area contributed by atoms with E-state index in [1.807, 2.05) is 27.2 Å². The summed E-state index contributed by atoms with van der Waals surface area (Å²) < 4.78 is 23.8. The first-order valence-corrected chi connectivity index (χ1v) is 38.4. The third-order valence-electron chi connectivity index (χ3n) is 17.1. The number of quaternary nitrogens is 1. The van der Waals surface area contributed by atoms with Crippen LogP contribution in [0.15, 0.2) is 36.5 Å². The number of carbonyl (C=O) groups excluding carboxylic acids is 1. The van der Waals surface area contributed by atoms with Gasteiger partial charge in [-0.05, 0) is 44.9 Å². The van der Waals surface area contributed by atoms with Gasteiger partial charge in [0, 0.05) is 6.42 Å².